The quantitative estimate of drug-likeness (QED) is 0.416. The lowest BCUT2D eigenvalue weighted by Gasteiger charge is -2.01. The van der Waals surface area contributed by atoms with E-state index < -0.39 is 4.92 Å². The summed E-state index contributed by atoms with van der Waals surface area (Å²) >= 11 is 6.37. The molecule has 112 valence electrons. The van der Waals surface area contributed by atoms with Gasteiger partial charge in [-0.3, -0.25) is 10.1 Å². The van der Waals surface area contributed by atoms with Crippen molar-refractivity contribution in [3.05, 3.63) is 48.9 Å². The number of nitrogens with zero attached hydrogens (tertiary/aromatic N) is 3. The van der Waals surface area contributed by atoms with Crippen molar-refractivity contribution >= 4 is 48.9 Å². The number of nitrogens with two attached hydrogens (primary N) is 2. The van der Waals surface area contributed by atoms with Crippen LogP contribution in [0.5, 0.6) is 0 Å². The molecule has 0 saturated carbocycles. The number of aromatic nitrogens is 2. The molecule has 21 heavy (non-hydrogen) atoms. The van der Waals surface area contributed by atoms with Gasteiger partial charge in [0, 0.05) is 23.0 Å². The van der Waals surface area contributed by atoms with Crippen molar-refractivity contribution in [1.82, 2.24) is 9.97 Å². The number of halogens is 2. The van der Waals surface area contributed by atoms with Crippen molar-refractivity contribution < 1.29 is 4.92 Å². The topological polar surface area (TPSA) is 121 Å². The average Bonchev–Trinajstić information content (AvgIpc) is 2.42. The molecular formula is C12H13Br2N5O2. The van der Waals surface area contributed by atoms with E-state index in [2.05, 4.69) is 41.8 Å². The largest absolute Gasteiger partial charge is 0.398 e. The molecule has 2 aromatic heterocycles. The minimum Gasteiger partial charge on any atom is -0.398 e. The third kappa shape index (κ3) is 4.36. The molecule has 0 aliphatic rings. The van der Waals surface area contributed by atoms with Crippen LogP contribution in [0.25, 0.3) is 0 Å². The van der Waals surface area contributed by atoms with Crippen LogP contribution in [0.2, 0.25) is 0 Å². The first-order chi connectivity index (χ1) is 9.75. The van der Waals surface area contributed by atoms with Gasteiger partial charge < -0.3 is 11.5 Å². The number of hydrogen-bond acceptors (Lipinski definition) is 6. The predicted octanol–water partition coefficient (Wildman–Crippen LogP) is 3.38. The van der Waals surface area contributed by atoms with Crippen molar-refractivity contribution in [2.45, 2.75) is 13.8 Å². The zero-order chi connectivity index (χ0) is 16.2. The molecule has 0 radical (unpaired) electrons. The summed E-state index contributed by atoms with van der Waals surface area (Å²) in [7, 11) is 0. The zero-order valence-corrected chi connectivity index (χ0v) is 14.5. The predicted molar refractivity (Wildman–Crippen MR) is 88.8 cm³/mol. The van der Waals surface area contributed by atoms with Crippen LogP contribution in [0.1, 0.15) is 11.1 Å². The highest BCUT2D eigenvalue weighted by molar-refractivity contribution is 9.10. The van der Waals surface area contributed by atoms with Crippen LogP contribution in [0, 0.1) is 24.0 Å². The molecule has 7 nitrogen and oxygen atoms in total. The maximum atomic E-state index is 10.4. The van der Waals surface area contributed by atoms with E-state index in [1.165, 1.54) is 0 Å². The van der Waals surface area contributed by atoms with Crippen LogP contribution in [0.3, 0.4) is 0 Å². The highest BCUT2D eigenvalue weighted by atomic mass is 79.9. The van der Waals surface area contributed by atoms with E-state index in [9.17, 15) is 10.1 Å². The minimum atomic E-state index is -0.554. The molecule has 0 aliphatic carbocycles. The summed E-state index contributed by atoms with van der Waals surface area (Å²) in [6, 6.07) is 1.78. The van der Waals surface area contributed by atoms with Gasteiger partial charge in [0.25, 0.3) is 0 Å². The number of rotatable bonds is 1. The summed E-state index contributed by atoms with van der Waals surface area (Å²) < 4.78 is 1.35. The Hall–Kier alpha value is -1.74. The van der Waals surface area contributed by atoms with Crippen LogP contribution in [0.15, 0.2) is 27.7 Å². The number of pyridine rings is 2. The first-order valence-corrected chi connectivity index (χ1v) is 7.25. The van der Waals surface area contributed by atoms with Crippen LogP contribution >= 0.6 is 31.9 Å². The first kappa shape index (κ1) is 17.3. The van der Waals surface area contributed by atoms with Crippen molar-refractivity contribution in [3.8, 4) is 0 Å². The molecule has 0 unspecified atom stereocenters. The molecule has 2 rings (SSSR count). The molecule has 0 fully saturated rings. The molecule has 0 spiro atoms. The van der Waals surface area contributed by atoms with Gasteiger partial charge in [0.05, 0.1) is 4.92 Å². The summed E-state index contributed by atoms with van der Waals surface area (Å²) in [5, 5.41) is 10.4. The Bertz CT molecular complexity index is 659. The molecule has 0 amide bonds. The maximum absolute atomic E-state index is 10.4. The first-order valence-electron chi connectivity index (χ1n) is 5.67. The lowest BCUT2D eigenvalue weighted by Crippen LogP contribution is -1.99. The molecule has 0 aromatic carbocycles. The fraction of sp³-hybridized carbons (Fsp3) is 0.167. The van der Waals surface area contributed by atoms with Gasteiger partial charge in [0.1, 0.15) is 21.1 Å². The van der Waals surface area contributed by atoms with E-state index in [4.69, 9.17) is 11.5 Å². The Morgan fingerprint density at radius 3 is 2.19 bits per heavy atom. The lowest BCUT2D eigenvalue weighted by atomic mass is 10.2. The van der Waals surface area contributed by atoms with Gasteiger partial charge in [0.2, 0.25) is 0 Å². The minimum absolute atomic E-state index is 0.155. The van der Waals surface area contributed by atoms with E-state index in [0.717, 1.165) is 22.1 Å². The maximum Gasteiger partial charge on any atom is 0.310 e. The molecule has 2 heterocycles. The van der Waals surface area contributed by atoms with Gasteiger partial charge in [0.15, 0.2) is 0 Å². The van der Waals surface area contributed by atoms with E-state index >= 15 is 0 Å². The van der Waals surface area contributed by atoms with Gasteiger partial charge in [-0.05, 0) is 51.8 Å². The Kier molecular flexibility index (Phi) is 6.03. The number of nitrogen functional groups attached to an aromatic ring is 2. The number of hydrogen-bond donors (Lipinski definition) is 2. The second-order valence-electron chi connectivity index (χ2n) is 4.05. The molecule has 2 aromatic rings. The highest BCUT2D eigenvalue weighted by Crippen LogP contribution is 2.27. The molecule has 0 bridgehead atoms. The van der Waals surface area contributed by atoms with E-state index in [0.29, 0.717) is 10.2 Å². The lowest BCUT2D eigenvalue weighted by molar-refractivity contribution is -0.384. The van der Waals surface area contributed by atoms with Gasteiger partial charge in [-0.15, -0.1) is 0 Å². The highest BCUT2D eigenvalue weighted by Gasteiger charge is 2.15. The number of nitro groups is 1. The Balaban J connectivity index is 0.000000219. The smallest absolute Gasteiger partial charge is 0.310 e. The summed E-state index contributed by atoms with van der Waals surface area (Å²) in [5.74, 6) is 0. The summed E-state index contributed by atoms with van der Waals surface area (Å²) in [6.45, 7) is 3.59. The van der Waals surface area contributed by atoms with Crippen LogP contribution < -0.4 is 11.5 Å². The van der Waals surface area contributed by atoms with Gasteiger partial charge in [-0.1, -0.05) is 0 Å². The summed E-state index contributed by atoms with van der Waals surface area (Å²) in [5.41, 5.74) is 13.4. The average molecular weight is 419 g/mol. The SMILES string of the molecule is Cc1c(Br)ncc([N+](=O)[O-])c1N.Cc1c(N)ccnc1Br. The molecular weight excluding hydrogens is 406 g/mol. The van der Waals surface area contributed by atoms with E-state index in [1.54, 1.807) is 19.2 Å². The fourth-order valence-corrected chi connectivity index (χ4v) is 1.92. The standard InChI is InChI=1S/C6H6BrN3O2.C6H7BrN2/c1-3-5(8)4(10(11)12)2-9-6(3)7;1-4-5(8)2-3-9-6(4)7/h2H,1H3,(H2,8,9);2-3H,1H3,(H2,8,9). The van der Waals surface area contributed by atoms with Crippen molar-refractivity contribution in [2.24, 2.45) is 0 Å². The fourth-order valence-electron chi connectivity index (χ4n) is 1.26. The molecule has 0 aliphatic heterocycles. The molecule has 0 saturated heterocycles. The summed E-state index contributed by atoms with van der Waals surface area (Å²) in [6.07, 6.45) is 2.80. The normalized spacial score (nSPS) is 9.71. The second kappa shape index (κ2) is 7.32. The third-order valence-corrected chi connectivity index (χ3v) is 4.27. The van der Waals surface area contributed by atoms with Crippen LogP contribution in [0.4, 0.5) is 17.1 Å². The molecule has 4 N–H and O–H groups in total. The van der Waals surface area contributed by atoms with Gasteiger partial charge in [-0.25, -0.2) is 9.97 Å². The number of anilines is 2. The van der Waals surface area contributed by atoms with E-state index in [-0.39, 0.29) is 11.4 Å². The Morgan fingerprint density at radius 1 is 1.14 bits per heavy atom. The van der Waals surface area contributed by atoms with E-state index in [1.807, 2.05) is 6.92 Å². The van der Waals surface area contributed by atoms with Crippen LogP contribution in [-0.4, -0.2) is 14.9 Å². The zero-order valence-electron chi connectivity index (χ0n) is 11.3. The molecule has 0 atom stereocenters. The van der Waals surface area contributed by atoms with Crippen molar-refractivity contribution in [3.63, 3.8) is 0 Å². The van der Waals surface area contributed by atoms with Crippen LogP contribution in [-0.2, 0) is 0 Å². The van der Waals surface area contributed by atoms with Gasteiger partial charge >= 0.3 is 5.69 Å². The monoisotopic (exact) mass is 417 g/mol. The Labute approximate surface area is 138 Å². The Morgan fingerprint density at radius 2 is 1.71 bits per heavy atom. The third-order valence-electron chi connectivity index (χ3n) is 2.67. The second-order valence-corrected chi connectivity index (χ2v) is 5.55. The summed E-state index contributed by atoms with van der Waals surface area (Å²) in [4.78, 5) is 17.5. The van der Waals surface area contributed by atoms with Crippen molar-refractivity contribution in [1.29, 1.82) is 0 Å². The van der Waals surface area contributed by atoms with Crippen molar-refractivity contribution in [2.75, 3.05) is 11.5 Å². The molecule has 9 heteroatoms. The van der Waals surface area contributed by atoms with Gasteiger partial charge in [-0.2, -0.15) is 0 Å².